The number of hydrogen-bond acceptors (Lipinski definition) is 15. The Balaban J connectivity index is 7.23. The summed E-state index contributed by atoms with van der Waals surface area (Å²) in [7, 11) is 0. The van der Waals surface area contributed by atoms with Gasteiger partial charge in [-0.05, 0) is 127 Å². The molecular formula is C63H120N16O12. The zero-order valence-corrected chi connectivity index (χ0v) is 56.9. The molecule has 28 heteroatoms. The van der Waals surface area contributed by atoms with Gasteiger partial charge in [-0.15, -0.1) is 0 Å². The zero-order chi connectivity index (χ0) is 69.3. The molecule has 0 radical (unpaired) electrons. The molecule has 0 saturated carbocycles. The van der Waals surface area contributed by atoms with Crippen LogP contribution in [0.3, 0.4) is 0 Å². The summed E-state index contributed by atoms with van der Waals surface area (Å²) in [6, 6.07) is -11.5. The number of carbonyl (C=O) groups is 11. The van der Waals surface area contributed by atoms with E-state index in [1.807, 2.05) is 55.4 Å². The van der Waals surface area contributed by atoms with Gasteiger partial charge in [-0.1, -0.05) is 115 Å². The molecule has 0 fully saturated rings. The van der Waals surface area contributed by atoms with Crippen LogP contribution in [0.15, 0.2) is 4.99 Å². The molecule has 0 aromatic carbocycles. The number of rotatable bonds is 50. The van der Waals surface area contributed by atoms with Crippen LogP contribution < -0.4 is 81.8 Å². The van der Waals surface area contributed by atoms with E-state index in [1.165, 1.54) is 6.92 Å². The number of carbonyl (C=O) groups excluding carboxylic acids is 11. The number of primary amides is 1. The average molecular weight is 1290 g/mol. The largest absolute Gasteiger partial charge is 0.391 e. The molecule has 91 heavy (non-hydrogen) atoms. The number of aliphatic hydroxyl groups is 1. The summed E-state index contributed by atoms with van der Waals surface area (Å²) in [4.78, 5) is 156. The Morgan fingerprint density at radius 2 is 0.791 bits per heavy atom. The molecule has 0 aromatic rings. The van der Waals surface area contributed by atoms with Crippen LogP contribution in [0.2, 0.25) is 0 Å². The van der Waals surface area contributed by atoms with Crippen molar-refractivity contribution in [3.63, 3.8) is 0 Å². The minimum Gasteiger partial charge on any atom is -0.391 e. The van der Waals surface area contributed by atoms with Gasteiger partial charge in [0.1, 0.15) is 54.4 Å². The molecule has 0 aliphatic rings. The topological polar surface area (TPSA) is 471 Å². The van der Waals surface area contributed by atoms with Crippen LogP contribution >= 0.6 is 0 Å². The SMILES string of the molecule is CCCCCCCCC(=O)NCCCC[C@@H](NC(=O)[C@H](CC(C)C)NC(=O)[C@H](CC(C)C)NC(=O)CN)C(=O)N[C@@H](CCCN=C(N)N)C(=O)N[C@H](C(=O)N[C@H](CCCCN)C(=O)N[C@H](C(=O)N[C@@H](CC(C)C)C(=O)N[C@@H](CC(C)C)C(N)=O)[C@@H](C)O)[C@@H](C)CC. The van der Waals surface area contributed by atoms with E-state index in [-0.39, 0.29) is 113 Å². The normalized spacial score (nSPS) is 15.0. The molecule has 11 amide bonds. The number of hydrogen-bond donors (Lipinski definition) is 16. The van der Waals surface area contributed by atoms with Crippen LogP contribution in [-0.2, 0) is 52.7 Å². The molecule has 0 bridgehead atoms. The fourth-order valence-corrected chi connectivity index (χ4v) is 9.97. The van der Waals surface area contributed by atoms with Gasteiger partial charge in [-0.2, -0.15) is 0 Å². The van der Waals surface area contributed by atoms with E-state index in [1.54, 1.807) is 13.8 Å². The first-order valence-electron chi connectivity index (χ1n) is 33.2. The summed E-state index contributed by atoms with van der Waals surface area (Å²) in [5, 5.41) is 38.1. The summed E-state index contributed by atoms with van der Waals surface area (Å²) < 4.78 is 0. The van der Waals surface area contributed by atoms with Crippen LogP contribution in [-0.4, -0.2) is 163 Å². The number of guanidine groups is 1. The second-order valence-electron chi connectivity index (χ2n) is 25.8. The summed E-state index contributed by atoms with van der Waals surface area (Å²) in [5.74, 6) is -8.86. The molecular weight excluding hydrogens is 1170 g/mol. The van der Waals surface area contributed by atoms with E-state index < -0.39 is 125 Å². The predicted molar refractivity (Wildman–Crippen MR) is 352 cm³/mol. The van der Waals surface area contributed by atoms with Gasteiger partial charge in [0.05, 0.1) is 12.6 Å². The Kier molecular flexibility index (Phi) is 43.8. The zero-order valence-electron chi connectivity index (χ0n) is 56.9. The highest BCUT2D eigenvalue weighted by Crippen LogP contribution is 2.16. The van der Waals surface area contributed by atoms with Gasteiger partial charge >= 0.3 is 0 Å². The first kappa shape index (κ1) is 84.3. The molecule has 524 valence electrons. The summed E-state index contributed by atoms with van der Waals surface area (Å²) >= 11 is 0. The lowest BCUT2D eigenvalue weighted by Crippen LogP contribution is -2.62. The monoisotopic (exact) mass is 1290 g/mol. The van der Waals surface area contributed by atoms with Crippen molar-refractivity contribution in [2.75, 3.05) is 26.2 Å². The Labute approximate surface area is 541 Å². The minimum atomic E-state index is -1.65. The number of nitrogens with one attached hydrogen (secondary N) is 10. The minimum absolute atomic E-state index is 0.0000593. The van der Waals surface area contributed by atoms with Gasteiger partial charge in [0.2, 0.25) is 65.0 Å². The first-order valence-corrected chi connectivity index (χ1v) is 33.2. The number of aliphatic hydroxyl groups excluding tert-OH is 1. The molecule has 0 spiro atoms. The summed E-state index contributed by atoms with van der Waals surface area (Å²) in [6.45, 7) is 21.8. The summed E-state index contributed by atoms with van der Waals surface area (Å²) in [6.07, 6.45) is 7.58. The van der Waals surface area contributed by atoms with E-state index >= 15 is 0 Å². The standard InChI is InChI=1S/C63H120N16O12/c1-13-15-16-17-18-19-28-50(81)69-30-23-21-26-43(73-59(88)48(34-39(7)8)76-58(87)47(33-38(5)6)71-51(82)36-65)55(84)72-45(27-24-31-70-63(67)68)56(85)78-52(41(11)14-2)61(90)74-44(25-20-22-29-64)57(86)79-53(42(12)80)62(91)77-49(35-40(9)10)60(89)75-46(54(66)83)32-37(3)4/h37-49,52-53,80H,13-36,64-65H2,1-12H3,(H2,66,83)(H,69,81)(H,71,82)(H,72,84)(H,73,88)(H,74,90)(H,75,89)(H,76,87)(H,77,91)(H,78,85)(H,79,86)(H4,67,68,70)/t41-,42+,43+,44+,45-,46-,47-,48-,49-,52-,53-/m0/s1. The van der Waals surface area contributed by atoms with E-state index in [0.29, 0.717) is 38.5 Å². The average Bonchev–Trinajstić information content (AvgIpc) is 1.32. The fraction of sp³-hybridized carbons (Fsp3) is 0.810. The number of nitrogens with two attached hydrogens (primary N) is 5. The van der Waals surface area contributed by atoms with Crippen molar-refractivity contribution in [3.8, 4) is 0 Å². The van der Waals surface area contributed by atoms with Gasteiger partial charge in [0.15, 0.2) is 5.96 Å². The maximum absolute atomic E-state index is 14.7. The van der Waals surface area contributed by atoms with E-state index in [9.17, 15) is 57.8 Å². The number of amides is 11. The Hall–Kier alpha value is -6.68. The lowest BCUT2D eigenvalue weighted by molar-refractivity contribution is -0.137. The second-order valence-corrected chi connectivity index (χ2v) is 25.8. The molecule has 0 heterocycles. The van der Waals surface area contributed by atoms with Crippen molar-refractivity contribution in [2.45, 2.75) is 272 Å². The third-order valence-corrected chi connectivity index (χ3v) is 15.2. The molecule has 28 nitrogen and oxygen atoms in total. The maximum atomic E-state index is 14.7. The van der Waals surface area contributed by atoms with Crippen molar-refractivity contribution in [1.29, 1.82) is 0 Å². The summed E-state index contributed by atoms with van der Waals surface area (Å²) in [5.41, 5.74) is 28.2. The number of nitrogens with zero attached hydrogens (tertiary/aromatic N) is 1. The molecule has 0 unspecified atom stereocenters. The molecule has 0 aliphatic heterocycles. The second kappa shape index (κ2) is 47.2. The lowest BCUT2D eigenvalue weighted by Gasteiger charge is -2.30. The molecule has 0 aromatic heterocycles. The Morgan fingerprint density at radius 1 is 0.407 bits per heavy atom. The molecule has 0 saturated heterocycles. The number of aliphatic imine (C=N–C) groups is 1. The smallest absolute Gasteiger partial charge is 0.245 e. The van der Waals surface area contributed by atoms with Gasteiger partial charge in [-0.3, -0.25) is 57.7 Å². The van der Waals surface area contributed by atoms with E-state index in [0.717, 1.165) is 38.5 Å². The van der Waals surface area contributed by atoms with E-state index in [2.05, 4.69) is 65.1 Å². The van der Waals surface area contributed by atoms with Crippen LogP contribution in [0, 0.1) is 29.6 Å². The molecule has 21 N–H and O–H groups in total. The highest BCUT2D eigenvalue weighted by molar-refractivity contribution is 5.98. The predicted octanol–water partition coefficient (Wildman–Crippen LogP) is 0.625. The first-order chi connectivity index (χ1) is 42.8. The maximum Gasteiger partial charge on any atom is 0.245 e. The Bertz CT molecular complexity index is 2270. The van der Waals surface area contributed by atoms with Crippen LogP contribution in [0.4, 0.5) is 0 Å². The van der Waals surface area contributed by atoms with Crippen molar-refractivity contribution in [2.24, 2.45) is 63.3 Å². The van der Waals surface area contributed by atoms with Crippen LogP contribution in [0.25, 0.3) is 0 Å². The molecule has 0 aliphatic carbocycles. The molecule has 0 rings (SSSR count). The third kappa shape index (κ3) is 37.4. The molecule has 11 atom stereocenters. The van der Waals surface area contributed by atoms with Gasteiger partial charge < -0.3 is 86.9 Å². The lowest BCUT2D eigenvalue weighted by atomic mass is 9.96. The fourth-order valence-electron chi connectivity index (χ4n) is 9.97. The van der Waals surface area contributed by atoms with Crippen molar-refractivity contribution >= 4 is 70.9 Å². The van der Waals surface area contributed by atoms with E-state index in [4.69, 9.17) is 28.7 Å². The van der Waals surface area contributed by atoms with Gasteiger partial charge in [-0.25, -0.2) is 0 Å². The van der Waals surface area contributed by atoms with Gasteiger partial charge in [0, 0.05) is 19.5 Å². The van der Waals surface area contributed by atoms with Gasteiger partial charge in [0.25, 0.3) is 0 Å². The Morgan fingerprint density at radius 3 is 1.24 bits per heavy atom. The van der Waals surface area contributed by atoms with Crippen molar-refractivity contribution < 1.29 is 57.8 Å². The quantitative estimate of drug-likeness (QED) is 0.0226. The highest BCUT2D eigenvalue weighted by atomic mass is 16.3. The number of unbranched alkanes of at least 4 members (excludes halogenated alkanes) is 7. The van der Waals surface area contributed by atoms with Crippen molar-refractivity contribution in [1.82, 2.24) is 53.2 Å². The highest BCUT2D eigenvalue weighted by Gasteiger charge is 2.38. The van der Waals surface area contributed by atoms with Crippen molar-refractivity contribution in [3.05, 3.63) is 0 Å². The van der Waals surface area contributed by atoms with Crippen LogP contribution in [0.1, 0.15) is 212 Å². The third-order valence-electron chi connectivity index (χ3n) is 15.2. The van der Waals surface area contributed by atoms with Crippen LogP contribution in [0.5, 0.6) is 0 Å².